The summed E-state index contributed by atoms with van der Waals surface area (Å²) in [6, 6.07) is 13.7. The minimum absolute atomic E-state index is 0.0208. The molecule has 10 rings (SSSR count). The number of H-pyrrole nitrogens is 1. The molecule has 3 aromatic rings. The van der Waals surface area contributed by atoms with Crippen molar-refractivity contribution in [3.8, 4) is 11.4 Å². The van der Waals surface area contributed by atoms with Gasteiger partial charge in [0.1, 0.15) is 5.82 Å². The SMILES string of the molecule is O=C(NC12CC3CC(CC(C3)C1)C2)c1ccc(-c2nc3ccc(NC(=O)C4CC5CCC4CC5)cc3[nH]2)cc1. The van der Waals surface area contributed by atoms with E-state index in [9.17, 15) is 9.59 Å². The van der Waals surface area contributed by atoms with Crippen molar-refractivity contribution < 1.29 is 9.59 Å². The van der Waals surface area contributed by atoms with Gasteiger partial charge in [-0.15, -0.1) is 0 Å². The van der Waals surface area contributed by atoms with E-state index in [-0.39, 0.29) is 23.3 Å². The van der Waals surface area contributed by atoms with Gasteiger partial charge in [0.15, 0.2) is 0 Å². The summed E-state index contributed by atoms with van der Waals surface area (Å²) in [4.78, 5) is 34.5. The summed E-state index contributed by atoms with van der Waals surface area (Å²) in [5.74, 6) is 4.86. The van der Waals surface area contributed by atoms with Crippen molar-refractivity contribution in [3.05, 3.63) is 48.0 Å². The Balaban J connectivity index is 0.955. The molecule has 0 saturated heterocycles. The van der Waals surface area contributed by atoms with Crippen LogP contribution in [0.2, 0.25) is 0 Å². The highest BCUT2D eigenvalue weighted by molar-refractivity contribution is 5.96. The Bertz CT molecular complexity index is 1400. The summed E-state index contributed by atoms with van der Waals surface area (Å²) in [5.41, 5.74) is 4.27. The molecule has 7 aliphatic carbocycles. The summed E-state index contributed by atoms with van der Waals surface area (Å²) in [6.45, 7) is 0. The predicted octanol–water partition coefficient (Wildman–Crippen LogP) is 6.69. The van der Waals surface area contributed by atoms with Crippen LogP contribution >= 0.6 is 0 Å². The summed E-state index contributed by atoms with van der Waals surface area (Å²) < 4.78 is 0. The number of hydrogen-bond donors (Lipinski definition) is 3. The molecule has 0 radical (unpaired) electrons. The standard InChI is InChI=1S/C33H38N4O2/c38-31(37-33-16-20-11-21(17-33)13-22(12-20)18-33)25-7-5-24(6-8-25)30-35-28-10-9-26(15-29(28)36-30)34-32(39)27-14-19-1-3-23(27)4-2-19/h5-10,15,19-23,27H,1-4,11-14,16-18H2,(H,34,39)(H,35,36)(H,37,38). The maximum absolute atomic E-state index is 13.2. The first-order valence-electron chi connectivity index (χ1n) is 15.2. The average Bonchev–Trinajstić information content (AvgIpc) is 3.36. The zero-order valence-electron chi connectivity index (χ0n) is 22.5. The van der Waals surface area contributed by atoms with Crippen LogP contribution < -0.4 is 10.6 Å². The summed E-state index contributed by atoms with van der Waals surface area (Å²) in [7, 11) is 0. The number of fused-ring (bicyclic) bond motifs is 4. The number of aromatic nitrogens is 2. The predicted molar refractivity (Wildman–Crippen MR) is 152 cm³/mol. The second kappa shape index (κ2) is 8.94. The van der Waals surface area contributed by atoms with Crippen LogP contribution in [-0.2, 0) is 4.79 Å². The van der Waals surface area contributed by atoms with Crippen molar-refractivity contribution in [2.45, 2.75) is 76.2 Å². The summed E-state index contributed by atoms with van der Waals surface area (Å²) in [5, 5.41) is 6.66. The number of carbonyl (C=O) groups is 2. The van der Waals surface area contributed by atoms with E-state index in [1.165, 1.54) is 44.9 Å². The number of benzene rings is 2. The van der Waals surface area contributed by atoms with Gasteiger partial charge in [-0.1, -0.05) is 25.0 Å². The lowest BCUT2D eigenvalue weighted by atomic mass is 9.53. The highest BCUT2D eigenvalue weighted by Crippen LogP contribution is 2.55. The summed E-state index contributed by atoms with van der Waals surface area (Å²) in [6.07, 6.45) is 13.6. The van der Waals surface area contributed by atoms with Crippen LogP contribution in [0.25, 0.3) is 22.4 Å². The van der Waals surface area contributed by atoms with Crippen molar-refractivity contribution in [3.63, 3.8) is 0 Å². The molecule has 1 heterocycles. The van der Waals surface area contributed by atoms with E-state index in [0.29, 0.717) is 11.5 Å². The van der Waals surface area contributed by atoms with Crippen LogP contribution in [0.15, 0.2) is 42.5 Å². The lowest BCUT2D eigenvalue weighted by Crippen LogP contribution is -2.59. The largest absolute Gasteiger partial charge is 0.347 e. The van der Waals surface area contributed by atoms with Gasteiger partial charge in [0, 0.05) is 28.3 Å². The van der Waals surface area contributed by atoms with Crippen LogP contribution in [0.5, 0.6) is 0 Å². The van der Waals surface area contributed by atoms with E-state index in [1.54, 1.807) is 0 Å². The first kappa shape index (κ1) is 23.7. The topological polar surface area (TPSA) is 86.9 Å². The van der Waals surface area contributed by atoms with Gasteiger partial charge in [-0.25, -0.2) is 4.98 Å². The molecule has 7 fully saturated rings. The van der Waals surface area contributed by atoms with Crippen LogP contribution in [0.4, 0.5) is 5.69 Å². The number of nitrogens with zero attached hydrogens (tertiary/aromatic N) is 1. The zero-order chi connectivity index (χ0) is 26.1. The van der Waals surface area contributed by atoms with Gasteiger partial charge >= 0.3 is 0 Å². The Hall–Kier alpha value is -3.15. The first-order chi connectivity index (χ1) is 19.0. The Morgan fingerprint density at radius 1 is 0.821 bits per heavy atom. The normalized spacial score (nSPS) is 34.4. The Morgan fingerprint density at radius 3 is 2.15 bits per heavy atom. The number of hydrogen-bond acceptors (Lipinski definition) is 3. The van der Waals surface area contributed by atoms with Crippen LogP contribution in [0.3, 0.4) is 0 Å². The molecule has 3 N–H and O–H groups in total. The van der Waals surface area contributed by atoms with Gasteiger partial charge in [-0.05, 0) is 118 Å². The van der Waals surface area contributed by atoms with Gasteiger partial charge in [-0.2, -0.15) is 0 Å². The minimum atomic E-state index is 0.0208. The number of carbonyl (C=O) groups excluding carboxylic acids is 2. The van der Waals surface area contributed by atoms with E-state index >= 15 is 0 Å². The second-order valence-corrected chi connectivity index (χ2v) is 13.7. The lowest BCUT2D eigenvalue weighted by molar-refractivity contribution is -0.124. The van der Waals surface area contributed by atoms with Crippen LogP contribution in [0, 0.1) is 35.5 Å². The van der Waals surface area contributed by atoms with Crippen molar-refractivity contribution in [2.24, 2.45) is 35.5 Å². The molecule has 6 heteroatoms. The number of imidazole rings is 1. The molecule has 39 heavy (non-hydrogen) atoms. The molecule has 0 spiro atoms. The molecule has 0 aliphatic heterocycles. The molecule has 1 unspecified atom stereocenters. The third-order valence-electron chi connectivity index (χ3n) is 11.0. The fourth-order valence-electron chi connectivity index (χ4n) is 9.51. The molecule has 2 aromatic carbocycles. The van der Waals surface area contributed by atoms with Crippen LogP contribution in [0.1, 0.15) is 81.0 Å². The smallest absolute Gasteiger partial charge is 0.251 e. The molecule has 7 saturated carbocycles. The van der Waals surface area contributed by atoms with E-state index in [1.807, 2.05) is 42.5 Å². The molecule has 202 valence electrons. The molecule has 6 bridgehead atoms. The maximum atomic E-state index is 13.2. The van der Waals surface area contributed by atoms with E-state index in [0.717, 1.165) is 77.5 Å². The number of amides is 2. The minimum Gasteiger partial charge on any atom is -0.347 e. The van der Waals surface area contributed by atoms with Gasteiger partial charge in [0.2, 0.25) is 5.91 Å². The van der Waals surface area contributed by atoms with Crippen LogP contribution in [-0.4, -0.2) is 27.3 Å². The fraction of sp³-hybridized carbons (Fsp3) is 0.545. The number of rotatable bonds is 5. The quantitative estimate of drug-likeness (QED) is 0.349. The zero-order valence-corrected chi connectivity index (χ0v) is 22.5. The monoisotopic (exact) mass is 522 g/mol. The summed E-state index contributed by atoms with van der Waals surface area (Å²) >= 11 is 0. The Kier molecular flexibility index (Phi) is 5.43. The van der Waals surface area contributed by atoms with Gasteiger partial charge in [-0.3, -0.25) is 9.59 Å². The van der Waals surface area contributed by atoms with E-state index < -0.39 is 0 Å². The van der Waals surface area contributed by atoms with Crippen molar-refractivity contribution in [1.82, 2.24) is 15.3 Å². The van der Waals surface area contributed by atoms with Gasteiger partial charge in [0.25, 0.3) is 5.91 Å². The molecular weight excluding hydrogens is 484 g/mol. The third kappa shape index (κ3) is 4.27. The number of aromatic amines is 1. The molecule has 2 amide bonds. The Morgan fingerprint density at radius 2 is 1.51 bits per heavy atom. The lowest BCUT2D eigenvalue weighted by Gasteiger charge is -2.56. The highest BCUT2D eigenvalue weighted by Gasteiger charge is 2.51. The maximum Gasteiger partial charge on any atom is 0.251 e. The highest BCUT2D eigenvalue weighted by atomic mass is 16.2. The fourth-order valence-corrected chi connectivity index (χ4v) is 9.51. The van der Waals surface area contributed by atoms with Gasteiger partial charge in [0.05, 0.1) is 11.0 Å². The van der Waals surface area contributed by atoms with E-state index in [4.69, 9.17) is 4.98 Å². The Labute approximate surface area is 229 Å². The van der Waals surface area contributed by atoms with Crippen molar-refractivity contribution in [2.75, 3.05) is 5.32 Å². The van der Waals surface area contributed by atoms with Gasteiger partial charge < -0.3 is 15.6 Å². The molecule has 1 atom stereocenters. The first-order valence-corrected chi connectivity index (χ1v) is 15.2. The number of nitrogens with one attached hydrogen (secondary N) is 3. The third-order valence-corrected chi connectivity index (χ3v) is 11.0. The molecule has 7 aliphatic rings. The average molecular weight is 523 g/mol. The molecule has 6 nitrogen and oxygen atoms in total. The molecule has 1 aromatic heterocycles. The van der Waals surface area contributed by atoms with Crippen molar-refractivity contribution >= 4 is 28.5 Å². The van der Waals surface area contributed by atoms with E-state index in [2.05, 4.69) is 15.6 Å². The molecular formula is C33H38N4O2. The number of anilines is 1. The van der Waals surface area contributed by atoms with Crippen molar-refractivity contribution in [1.29, 1.82) is 0 Å². The second-order valence-electron chi connectivity index (χ2n) is 13.7.